The van der Waals surface area contributed by atoms with Gasteiger partial charge in [0.2, 0.25) is 0 Å². The molecule has 0 aliphatic carbocycles. The molecule has 0 saturated heterocycles. The van der Waals surface area contributed by atoms with Gasteiger partial charge in [0.25, 0.3) is 11.4 Å². The molecule has 0 bridgehead atoms. The van der Waals surface area contributed by atoms with Crippen molar-refractivity contribution >= 4 is 26.8 Å². The van der Waals surface area contributed by atoms with E-state index in [1.807, 2.05) is 0 Å². The monoisotopic (exact) mass is 411 g/mol. The van der Waals surface area contributed by atoms with Crippen LogP contribution in [0.5, 0.6) is 5.88 Å². The zero-order valence-corrected chi connectivity index (χ0v) is 15.7. The molecule has 8 nitrogen and oxygen atoms in total. The molecule has 2 aliphatic heterocycles. The maximum absolute atomic E-state index is 11.6. The molecule has 0 atom stereocenters. The summed E-state index contributed by atoms with van der Waals surface area (Å²) in [5.74, 6) is -0.489. The van der Waals surface area contributed by atoms with E-state index in [0.29, 0.717) is 10.9 Å². The number of pyridine rings is 1. The molecule has 0 amide bonds. The van der Waals surface area contributed by atoms with Crippen molar-refractivity contribution in [3.8, 4) is 17.1 Å². The summed E-state index contributed by atoms with van der Waals surface area (Å²) >= 11 is 3.31. The summed E-state index contributed by atoms with van der Waals surface area (Å²) in [5, 5.41) is 35.2. The molecule has 1 aromatic rings. The lowest BCUT2D eigenvalue weighted by molar-refractivity contribution is -0.870. The molecule has 134 valence electrons. The molecular formula is C16H20BrN4O4+. The molecule has 25 heavy (non-hydrogen) atoms. The molecule has 2 aliphatic rings. The Bertz CT molecular complexity index is 920. The van der Waals surface area contributed by atoms with Gasteiger partial charge >= 0.3 is 0 Å². The van der Waals surface area contributed by atoms with Crippen molar-refractivity contribution in [3.63, 3.8) is 0 Å². The van der Waals surface area contributed by atoms with E-state index in [-0.39, 0.29) is 17.9 Å². The summed E-state index contributed by atoms with van der Waals surface area (Å²) in [4.78, 5) is 11.6. The van der Waals surface area contributed by atoms with E-state index in [9.17, 15) is 15.1 Å². The number of aromatic nitrogens is 3. The smallest absolute Gasteiger partial charge is 0.298 e. The second-order valence-corrected chi connectivity index (χ2v) is 7.40. The van der Waals surface area contributed by atoms with Gasteiger partial charge in [0.15, 0.2) is 5.69 Å². The van der Waals surface area contributed by atoms with E-state index in [4.69, 9.17) is 5.11 Å². The third-order valence-corrected chi connectivity index (χ3v) is 3.93. The van der Waals surface area contributed by atoms with Gasteiger partial charge in [0.05, 0.1) is 38.8 Å². The van der Waals surface area contributed by atoms with Crippen LogP contribution in [0.25, 0.3) is 22.2 Å². The molecule has 0 fully saturated rings. The van der Waals surface area contributed by atoms with Crippen LogP contribution in [0.3, 0.4) is 0 Å². The Kier molecular flexibility index (Phi) is 5.61. The van der Waals surface area contributed by atoms with Crippen molar-refractivity contribution in [3.05, 3.63) is 39.1 Å². The highest BCUT2D eigenvalue weighted by atomic mass is 79.9. The largest absolute Gasteiger partial charge is 0.491 e. The van der Waals surface area contributed by atoms with Crippen LogP contribution in [-0.4, -0.2) is 69.1 Å². The Morgan fingerprint density at radius 1 is 1.20 bits per heavy atom. The van der Waals surface area contributed by atoms with Crippen LogP contribution in [0.2, 0.25) is 0 Å². The van der Waals surface area contributed by atoms with Crippen molar-refractivity contribution < 1.29 is 19.9 Å². The van der Waals surface area contributed by atoms with Gasteiger partial charge in [-0.15, -0.1) is 10.2 Å². The average Bonchev–Trinajstić information content (AvgIpc) is 2.50. The first-order valence-corrected chi connectivity index (χ1v) is 8.24. The summed E-state index contributed by atoms with van der Waals surface area (Å²) in [7, 11) is 6.16. The number of quaternary nitrogens is 1. The second kappa shape index (κ2) is 7.34. The highest BCUT2D eigenvalue weighted by molar-refractivity contribution is 9.10. The first-order valence-electron chi connectivity index (χ1n) is 7.45. The number of halogens is 1. The summed E-state index contributed by atoms with van der Waals surface area (Å²) in [6, 6.07) is 6.70. The Balaban J connectivity index is 0.000000277. The lowest BCUT2D eigenvalue weighted by Gasteiger charge is -2.21. The van der Waals surface area contributed by atoms with Gasteiger partial charge < -0.3 is 19.9 Å². The Morgan fingerprint density at radius 2 is 1.88 bits per heavy atom. The highest BCUT2D eigenvalue weighted by Crippen LogP contribution is 2.30. The highest BCUT2D eigenvalue weighted by Gasteiger charge is 2.19. The SMILES string of the molecule is C[N+](C)(C)CCO.O=c1nnc(O)c2n(O)c3ccc(Br)cc3cc1-2. The predicted molar refractivity (Wildman–Crippen MR) is 97.0 cm³/mol. The summed E-state index contributed by atoms with van der Waals surface area (Å²) in [6.45, 7) is 1.11. The number of hydrogen-bond donors (Lipinski definition) is 3. The lowest BCUT2D eigenvalue weighted by Crippen LogP contribution is -2.36. The minimum Gasteiger partial charge on any atom is -0.491 e. The minimum absolute atomic E-state index is 0.0511. The molecular weight excluding hydrogens is 392 g/mol. The molecule has 9 heteroatoms. The van der Waals surface area contributed by atoms with Crippen LogP contribution in [0.4, 0.5) is 0 Å². The minimum atomic E-state index is -0.604. The standard InChI is InChI=1S/C11H6BrN3O3.C5H14NO/c12-6-1-2-8-5(3-6)4-7-9(15(8)18)11(17)14-13-10(7)16;1-6(2,3)4-5-7/h1-4,17-18H;7H,4-5H2,1-3H3/q;+1. The Hall–Kier alpha value is -2.23. The van der Waals surface area contributed by atoms with E-state index < -0.39 is 11.4 Å². The first-order chi connectivity index (χ1) is 11.6. The zero-order valence-electron chi connectivity index (χ0n) is 14.1. The van der Waals surface area contributed by atoms with Crippen LogP contribution in [-0.2, 0) is 0 Å². The van der Waals surface area contributed by atoms with E-state index >= 15 is 0 Å². The van der Waals surface area contributed by atoms with Crippen LogP contribution in [0.1, 0.15) is 0 Å². The van der Waals surface area contributed by atoms with Crippen molar-refractivity contribution in [1.82, 2.24) is 14.9 Å². The normalized spacial score (nSPS) is 11.4. The quantitative estimate of drug-likeness (QED) is 0.333. The molecule has 3 N–H and O–H groups in total. The molecule has 0 radical (unpaired) electrons. The maximum Gasteiger partial charge on any atom is 0.298 e. The lowest BCUT2D eigenvalue weighted by atomic mass is 10.1. The van der Waals surface area contributed by atoms with E-state index in [0.717, 1.165) is 20.2 Å². The van der Waals surface area contributed by atoms with Crippen LogP contribution in [0, 0.1) is 0 Å². The first kappa shape index (κ1) is 19.1. The van der Waals surface area contributed by atoms with Crippen molar-refractivity contribution in [2.75, 3.05) is 34.3 Å². The molecule has 3 rings (SSSR count). The maximum atomic E-state index is 11.6. The van der Waals surface area contributed by atoms with Gasteiger partial charge in [-0.05, 0) is 24.3 Å². The molecule has 0 saturated carbocycles. The number of hydrogen-bond acceptors (Lipinski definition) is 6. The molecule has 1 aromatic carbocycles. The van der Waals surface area contributed by atoms with Crippen molar-refractivity contribution in [2.24, 2.45) is 0 Å². The van der Waals surface area contributed by atoms with Gasteiger partial charge in [0, 0.05) is 9.86 Å². The Morgan fingerprint density at radius 3 is 2.44 bits per heavy atom. The van der Waals surface area contributed by atoms with Gasteiger partial charge in [0.1, 0.15) is 6.54 Å². The van der Waals surface area contributed by atoms with Crippen LogP contribution < -0.4 is 5.56 Å². The van der Waals surface area contributed by atoms with Crippen LogP contribution >= 0.6 is 15.9 Å². The second-order valence-electron chi connectivity index (χ2n) is 6.49. The molecule has 0 aromatic heterocycles. The number of aliphatic hydroxyl groups excluding tert-OH is 1. The fourth-order valence-electron chi connectivity index (χ4n) is 2.16. The number of fused-ring (bicyclic) bond motifs is 2. The average molecular weight is 412 g/mol. The topological polar surface area (TPSA) is 108 Å². The molecule has 0 unspecified atom stereocenters. The van der Waals surface area contributed by atoms with E-state index in [1.54, 1.807) is 24.3 Å². The van der Waals surface area contributed by atoms with Gasteiger partial charge in [-0.25, -0.2) is 0 Å². The predicted octanol–water partition coefficient (Wildman–Crippen LogP) is 1.29. The number of aromatic hydroxyl groups is 1. The van der Waals surface area contributed by atoms with Crippen molar-refractivity contribution in [2.45, 2.75) is 0 Å². The fourth-order valence-corrected chi connectivity index (χ4v) is 2.54. The molecule has 2 heterocycles. The number of rotatable bonds is 2. The number of aliphatic hydroxyl groups is 1. The van der Waals surface area contributed by atoms with Crippen LogP contribution in [0.15, 0.2) is 33.5 Å². The van der Waals surface area contributed by atoms with Crippen molar-refractivity contribution in [1.29, 1.82) is 0 Å². The third-order valence-electron chi connectivity index (χ3n) is 3.43. The zero-order chi connectivity index (χ0) is 18.8. The summed E-state index contributed by atoms with van der Waals surface area (Å²) in [6.07, 6.45) is 0. The van der Waals surface area contributed by atoms with Gasteiger partial charge in [-0.3, -0.25) is 4.79 Å². The number of benzene rings is 1. The Labute approximate surface area is 152 Å². The summed E-state index contributed by atoms with van der Waals surface area (Å²) in [5.41, 5.74) is -0.0960. The van der Waals surface area contributed by atoms with E-state index in [2.05, 4.69) is 47.3 Å². The fraction of sp³-hybridized carbons (Fsp3) is 0.312. The molecule has 0 spiro atoms. The number of nitrogens with zero attached hydrogens (tertiary/aromatic N) is 4. The summed E-state index contributed by atoms with van der Waals surface area (Å²) < 4.78 is 2.40. The van der Waals surface area contributed by atoms with Gasteiger partial charge in [-0.2, -0.15) is 4.73 Å². The van der Waals surface area contributed by atoms with Gasteiger partial charge in [-0.1, -0.05) is 15.9 Å². The number of likely N-dealkylation sites (N-methyl/N-ethyl adjacent to an activating group) is 1. The third kappa shape index (κ3) is 4.44. The van der Waals surface area contributed by atoms with E-state index in [1.165, 1.54) is 0 Å².